The van der Waals surface area contributed by atoms with Crippen molar-refractivity contribution in [1.82, 2.24) is 0 Å². The van der Waals surface area contributed by atoms with Crippen molar-refractivity contribution in [1.29, 1.82) is 0 Å². The summed E-state index contributed by atoms with van der Waals surface area (Å²) in [6.07, 6.45) is 5.63. The maximum atomic E-state index is 2.42. The van der Waals surface area contributed by atoms with Crippen molar-refractivity contribution in [3.05, 3.63) is 101 Å². The van der Waals surface area contributed by atoms with E-state index in [2.05, 4.69) is 98.8 Å². The van der Waals surface area contributed by atoms with Gasteiger partial charge in [-0.25, -0.2) is 0 Å². The molecule has 5 aromatic rings. The average molecular weight is 383 g/mol. The highest BCUT2D eigenvalue weighted by atomic mass is 14.4. The third kappa shape index (κ3) is 1.83. The van der Waals surface area contributed by atoms with Gasteiger partial charge in [0.25, 0.3) is 0 Å². The van der Waals surface area contributed by atoms with Gasteiger partial charge in [0.2, 0.25) is 0 Å². The minimum atomic E-state index is -0.0652. The van der Waals surface area contributed by atoms with Gasteiger partial charge in [-0.15, -0.1) is 0 Å². The first-order valence-electron chi connectivity index (χ1n) is 10.9. The Morgan fingerprint density at radius 1 is 0.667 bits per heavy atom. The number of rotatable bonds is 0. The van der Waals surface area contributed by atoms with Gasteiger partial charge in [-0.2, -0.15) is 0 Å². The van der Waals surface area contributed by atoms with Crippen molar-refractivity contribution in [2.45, 2.75) is 25.7 Å². The molecule has 7 rings (SSSR count). The van der Waals surface area contributed by atoms with Gasteiger partial charge in [-0.3, -0.25) is 0 Å². The van der Waals surface area contributed by atoms with E-state index in [4.69, 9.17) is 0 Å². The zero-order valence-electron chi connectivity index (χ0n) is 17.3. The Morgan fingerprint density at radius 3 is 2.17 bits per heavy atom. The maximum absolute atomic E-state index is 2.42. The van der Waals surface area contributed by atoms with E-state index in [-0.39, 0.29) is 5.41 Å². The van der Waals surface area contributed by atoms with Gasteiger partial charge >= 0.3 is 0 Å². The lowest BCUT2D eigenvalue weighted by molar-refractivity contribution is 0.652. The second-order valence-electron chi connectivity index (χ2n) is 9.30. The topological polar surface area (TPSA) is 0 Å². The van der Waals surface area contributed by atoms with Gasteiger partial charge in [-0.05, 0) is 72.1 Å². The lowest BCUT2D eigenvalue weighted by Crippen LogP contribution is -2.25. The van der Waals surface area contributed by atoms with Crippen LogP contribution in [0.4, 0.5) is 0 Å². The SMILES string of the molecule is CC1(C)c2c(c3ccccc3c3ccccc23)-c2ccc3c4c(ccc1c24)C=CC3. The standard InChI is InChI=1S/C30H22/c1-30(2)25-17-15-19-9-7-8-18-14-16-24(28(25)26(18)19)27-22-12-5-3-10-20(22)21-11-4-6-13-23(21)29(27)30/h3-7,9-17H,8H2,1-2H3. The molecular formula is C30H22. The van der Waals surface area contributed by atoms with Crippen LogP contribution in [0.15, 0.2) is 78.9 Å². The quantitative estimate of drug-likeness (QED) is 0.238. The van der Waals surface area contributed by atoms with Gasteiger partial charge in [0.05, 0.1) is 0 Å². The van der Waals surface area contributed by atoms with Gasteiger partial charge in [0.15, 0.2) is 0 Å². The molecule has 2 aliphatic rings. The lowest BCUT2D eigenvalue weighted by atomic mass is 9.65. The molecule has 0 atom stereocenters. The second-order valence-corrected chi connectivity index (χ2v) is 9.30. The molecule has 2 aliphatic carbocycles. The molecule has 0 aliphatic heterocycles. The van der Waals surface area contributed by atoms with Crippen LogP contribution in [-0.4, -0.2) is 0 Å². The maximum Gasteiger partial charge on any atom is 0.0165 e. The molecule has 0 saturated heterocycles. The number of fused-ring (bicyclic) bond motifs is 7. The van der Waals surface area contributed by atoms with Crippen molar-refractivity contribution in [3.63, 3.8) is 0 Å². The molecule has 0 saturated carbocycles. The molecular weight excluding hydrogens is 360 g/mol. The van der Waals surface area contributed by atoms with Gasteiger partial charge in [-0.1, -0.05) is 98.8 Å². The van der Waals surface area contributed by atoms with Gasteiger partial charge in [0, 0.05) is 5.41 Å². The zero-order valence-corrected chi connectivity index (χ0v) is 17.3. The van der Waals surface area contributed by atoms with Crippen LogP contribution in [0.5, 0.6) is 0 Å². The van der Waals surface area contributed by atoms with Gasteiger partial charge in [0.1, 0.15) is 0 Å². The van der Waals surface area contributed by atoms with Crippen LogP contribution in [-0.2, 0) is 11.8 Å². The Labute approximate surface area is 176 Å². The fraction of sp³-hybridized carbons (Fsp3) is 0.133. The van der Waals surface area contributed by atoms with Crippen LogP contribution in [0.3, 0.4) is 0 Å². The van der Waals surface area contributed by atoms with E-state index in [1.54, 1.807) is 0 Å². The molecule has 30 heavy (non-hydrogen) atoms. The fourth-order valence-corrected chi connectivity index (χ4v) is 6.15. The lowest BCUT2D eigenvalue weighted by Gasteiger charge is -2.38. The van der Waals surface area contributed by atoms with Crippen molar-refractivity contribution in [2.75, 3.05) is 0 Å². The number of benzene rings is 5. The molecule has 0 unspecified atom stereocenters. The van der Waals surface area contributed by atoms with Crippen molar-refractivity contribution in [2.24, 2.45) is 0 Å². The monoisotopic (exact) mass is 382 g/mol. The summed E-state index contributed by atoms with van der Waals surface area (Å²) in [6.45, 7) is 4.83. The Kier molecular flexibility index (Phi) is 2.96. The average Bonchev–Trinajstić information content (AvgIpc) is 2.78. The van der Waals surface area contributed by atoms with Crippen molar-refractivity contribution >= 4 is 38.4 Å². The number of hydrogen-bond donors (Lipinski definition) is 0. The minimum Gasteiger partial charge on any atom is -0.0795 e. The Morgan fingerprint density at radius 2 is 1.37 bits per heavy atom. The Balaban J connectivity index is 1.82. The summed E-state index contributed by atoms with van der Waals surface area (Å²) in [6, 6.07) is 27.4. The molecule has 0 aromatic heterocycles. The molecule has 0 spiro atoms. The van der Waals surface area contributed by atoms with Gasteiger partial charge < -0.3 is 0 Å². The first-order valence-corrected chi connectivity index (χ1v) is 10.9. The fourth-order valence-electron chi connectivity index (χ4n) is 6.15. The molecule has 0 heteroatoms. The molecule has 0 amide bonds. The van der Waals surface area contributed by atoms with E-state index in [0.717, 1.165) is 6.42 Å². The molecule has 0 N–H and O–H groups in total. The van der Waals surface area contributed by atoms with Crippen molar-refractivity contribution in [3.8, 4) is 11.1 Å². The third-order valence-electron chi connectivity index (χ3n) is 7.42. The van der Waals surface area contributed by atoms with Crippen LogP contribution >= 0.6 is 0 Å². The van der Waals surface area contributed by atoms with E-state index in [9.17, 15) is 0 Å². The van der Waals surface area contributed by atoms with E-state index in [1.165, 1.54) is 65.7 Å². The third-order valence-corrected chi connectivity index (χ3v) is 7.42. The highest BCUT2D eigenvalue weighted by Gasteiger charge is 2.37. The van der Waals surface area contributed by atoms with Crippen LogP contribution in [0.1, 0.15) is 36.1 Å². The van der Waals surface area contributed by atoms with Crippen molar-refractivity contribution < 1.29 is 0 Å². The molecule has 142 valence electrons. The smallest absolute Gasteiger partial charge is 0.0165 e. The van der Waals surface area contributed by atoms with E-state index in [0.29, 0.717) is 0 Å². The van der Waals surface area contributed by atoms with E-state index in [1.807, 2.05) is 0 Å². The number of allylic oxidation sites excluding steroid dienone is 1. The molecule has 0 bridgehead atoms. The summed E-state index contributed by atoms with van der Waals surface area (Å²) in [5.41, 5.74) is 8.51. The largest absolute Gasteiger partial charge is 0.0795 e. The molecule has 0 nitrogen and oxygen atoms in total. The summed E-state index contributed by atoms with van der Waals surface area (Å²) >= 11 is 0. The normalized spacial score (nSPS) is 15.7. The van der Waals surface area contributed by atoms with Crippen LogP contribution in [0.25, 0.3) is 49.5 Å². The summed E-state index contributed by atoms with van der Waals surface area (Å²) in [4.78, 5) is 0. The Hall–Kier alpha value is -3.38. The summed E-state index contributed by atoms with van der Waals surface area (Å²) in [5, 5.41) is 8.39. The minimum absolute atomic E-state index is 0.0652. The summed E-state index contributed by atoms with van der Waals surface area (Å²) in [7, 11) is 0. The van der Waals surface area contributed by atoms with Crippen LogP contribution in [0.2, 0.25) is 0 Å². The number of hydrogen-bond acceptors (Lipinski definition) is 0. The highest BCUT2D eigenvalue weighted by Crippen LogP contribution is 2.54. The Bertz CT molecular complexity index is 1580. The van der Waals surface area contributed by atoms with E-state index >= 15 is 0 Å². The van der Waals surface area contributed by atoms with E-state index < -0.39 is 0 Å². The first-order chi connectivity index (χ1) is 14.7. The predicted octanol–water partition coefficient (Wildman–Crippen LogP) is 8.02. The van der Waals surface area contributed by atoms with Crippen LogP contribution in [0, 0.1) is 0 Å². The first kappa shape index (κ1) is 16.4. The highest BCUT2D eigenvalue weighted by molar-refractivity contribution is 6.21. The second kappa shape index (κ2) is 5.40. The summed E-state index contributed by atoms with van der Waals surface area (Å²) in [5.74, 6) is 0. The zero-order chi connectivity index (χ0) is 20.0. The molecule has 5 aromatic carbocycles. The summed E-state index contributed by atoms with van der Waals surface area (Å²) < 4.78 is 0. The molecule has 0 radical (unpaired) electrons. The molecule has 0 heterocycles. The molecule has 0 fully saturated rings. The predicted molar refractivity (Wildman–Crippen MR) is 129 cm³/mol. The van der Waals surface area contributed by atoms with Crippen LogP contribution < -0.4 is 0 Å².